The number of benzene rings is 1. The van der Waals surface area contributed by atoms with Gasteiger partial charge in [-0.3, -0.25) is 0 Å². The Morgan fingerprint density at radius 2 is 1.90 bits per heavy atom. The van der Waals surface area contributed by atoms with Crippen molar-refractivity contribution in [2.24, 2.45) is 5.73 Å². The van der Waals surface area contributed by atoms with E-state index in [0.717, 1.165) is 32.1 Å². The van der Waals surface area contributed by atoms with Gasteiger partial charge in [0.25, 0.3) is 0 Å². The number of hydrogen-bond donors (Lipinski definition) is 1. The van der Waals surface area contributed by atoms with E-state index in [0.29, 0.717) is 5.56 Å². The summed E-state index contributed by atoms with van der Waals surface area (Å²) in [7, 11) is -1.98. The van der Waals surface area contributed by atoms with Gasteiger partial charge in [0.15, 0.2) is 0 Å². The molecule has 0 spiro atoms. The van der Waals surface area contributed by atoms with Gasteiger partial charge in [0.1, 0.15) is 5.82 Å². The van der Waals surface area contributed by atoms with E-state index < -0.39 is 15.8 Å². The highest BCUT2D eigenvalue weighted by molar-refractivity contribution is 7.89. The lowest BCUT2D eigenvalue weighted by Crippen LogP contribution is -2.38. The smallest absolute Gasteiger partial charge is 0.243 e. The molecule has 4 nitrogen and oxygen atoms in total. The first-order valence-corrected chi connectivity index (χ1v) is 8.79. The standard InChI is InChI=1S/C15H23FN2O2S/c1-11-8-14(9-12(10-17)15(11)16)21(19,20)18(2)13-6-4-3-5-7-13/h8-9,13H,3-7,10,17H2,1-2H3. The van der Waals surface area contributed by atoms with Crippen LogP contribution >= 0.6 is 0 Å². The minimum absolute atomic E-state index is 0.0107. The fourth-order valence-electron chi connectivity index (χ4n) is 2.91. The van der Waals surface area contributed by atoms with Gasteiger partial charge in [-0.25, -0.2) is 12.8 Å². The number of sulfonamides is 1. The van der Waals surface area contributed by atoms with Crippen LogP contribution in [0.2, 0.25) is 0 Å². The molecule has 0 saturated heterocycles. The summed E-state index contributed by atoms with van der Waals surface area (Å²) < 4.78 is 40.7. The molecule has 1 aromatic rings. The molecule has 1 fully saturated rings. The fraction of sp³-hybridized carbons (Fsp3) is 0.600. The summed E-state index contributed by atoms with van der Waals surface area (Å²) in [5, 5.41) is 0. The third-order valence-electron chi connectivity index (χ3n) is 4.29. The van der Waals surface area contributed by atoms with Gasteiger partial charge >= 0.3 is 0 Å². The molecule has 1 aliphatic rings. The average molecular weight is 314 g/mol. The Bertz CT molecular complexity index is 610. The molecule has 118 valence electrons. The van der Waals surface area contributed by atoms with Crippen LogP contribution in [0.4, 0.5) is 4.39 Å². The van der Waals surface area contributed by atoms with Crippen molar-refractivity contribution in [2.75, 3.05) is 7.05 Å². The maximum Gasteiger partial charge on any atom is 0.243 e. The van der Waals surface area contributed by atoms with Crippen LogP contribution in [-0.4, -0.2) is 25.8 Å². The molecule has 0 amide bonds. The first-order valence-electron chi connectivity index (χ1n) is 7.35. The molecule has 0 bridgehead atoms. The summed E-state index contributed by atoms with van der Waals surface area (Å²) in [4.78, 5) is 0.134. The topological polar surface area (TPSA) is 63.4 Å². The Morgan fingerprint density at radius 1 is 1.29 bits per heavy atom. The van der Waals surface area contributed by atoms with Crippen molar-refractivity contribution in [3.8, 4) is 0 Å². The van der Waals surface area contributed by atoms with E-state index in [1.165, 1.54) is 16.4 Å². The minimum atomic E-state index is -3.60. The number of aryl methyl sites for hydroxylation is 1. The predicted molar refractivity (Wildman–Crippen MR) is 80.9 cm³/mol. The first kappa shape index (κ1) is 16.4. The lowest BCUT2D eigenvalue weighted by molar-refractivity contribution is 0.286. The fourth-order valence-corrected chi connectivity index (χ4v) is 4.46. The third kappa shape index (κ3) is 3.27. The average Bonchev–Trinajstić information content (AvgIpc) is 2.49. The second-order valence-corrected chi connectivity index (χ2v) is 7.73. The van der Waals surface area contributed by atoms with Gasteiger partial charge in [0.05, 0.1) is 4.90 Å². The van der Waals surface area contributed by atoms with E-state index in [2.05, 4.69) is 0 Å². The summed E-state index contributed by atoms with van der Waals surface area (Å²) in [6.07, 6.45) is 5.05. The van der Waals surface area contributed by atoms with Crippen molar-refractivity contribution in [1.29, 1.82) is 0 Å². The number of nitrogens with zero attached hydrogens (tertiary/aromatic N) is 1. The minimum Gasteiger partial charge on any atom is -0.326 e. The van der Waals surface area contributed by atoms with E-state index in [1.807, 2.05) is 0 Å². The number of rotatable bonds is 4. The Hall–Kier alpha value is -0.980. The van der Waals surface area contributed by atoms with Crippen molar-refractivity contribution in [2.45, 2.75) is 56.5 Å². The van der Waals surface area contributed by atoms with Crippen LogP contribution in [0.3, 0.4) is 0 Å². The molecule has 6 heteroatoms. The molecule has 21 heavy (non-hydrogen) atoms. The molecule has 2 N–H and O–H groups in total. The van der Waals surface area contributed by atoms with Crippen LogP contribution in [0.5, 0.6) is 0 Å². The maximum atomic E-state index is 13.8. The van der Waals surface area contributed by atoms with Gasteiger partial charge < -0.3 is 5.73 Å². The Kier molecular flexibility index (Phi) is 5.01. The summed E-state index contributed by atoms with van der Waals surface area (Å²) in [6.45, 7) is 1.55. The predicted octanol–water partition coefficient (Wildman–Crippen LogP) is 2.55. The van der Waals surface area contributed by atoms with Crippen LogP contribution in [0, 0.1) is 12.7 Å². The highest BCUT2D eigenvalue weighted by Gasteiger charge is 2.29. The first-order chi connectivity index (χ1) is 9.87. The monoisotopic (exact) mass is 314 g/mol. The van der Waals surface area contributed by atoms with Crippen molar-refractivity contribution in [1.82, 2.24) is 4.31 Å². The summed E-state index contributed by atoms with van der Waals surface area (Å²) >= 11 is 0. The van der Waals surface area contributed by atoms with Crippen LogP contribution < -0.4 is 5.73 Å². The molecule has 1 aliphatic carbocycles. The number of hydrogen-bond acceptors (Lipinski definition) is 3. The zero-order chi connectivity index (χ0) is 15.6. The molecule has 0 radical (unpaired) electrons. The van der Waals surface area contributed by atoms with Gasteiger partial charge in [0, 0.05) is 25.2 Å². The van der Waals surface area contributed by atoms with Gasteiger partial charge in [-0.05, 0) is 37.5 Å². The van der Waals surface area contributed by atoms with Crippen LogP contribution in [0.25, 0.3) is 0 Å². The number of halogens is 1. The van der Waals surface area contributed by atoms with Crippen molar-refractivity contribution in [3.63, 3.8) is 0 Å². The molecule has 1 aromatic carbocycles. The lowest BCUT2D eigenvalue weighted by Gasteiger charge is -2.30. The van der Waals surface area contributed by atoms with E-state index >= 15 is 0 Å². The molecule has 0 aliphatic heterocycles. The molecule has 0 unspecified atom stereocenters. The second-order valence-electron chi connectivity index (χ2n) is 5.73. The molecule has 0 aromatic heterocycles. The van der Waals surface area contributed by atoms with Crippen molar-refractivity contribution < 1.29 is 12.8 Å². The normalized spacial score (nSPS) is 17.4. The highest BCUT2D eigenvalue weighted by atomic mass is 32.2. The summed E-state index contributed by atoms with van der Waals surface area (Å²) in [5.74, 6) is -0.420. The molecule has 1 saturated carbocycles. The largest absolute Gasteiger partial charge is 0.326 e. The van der Waals surface area contributed by atoms with Gasteiger partial charge in [-0.15, -0.1) is 0 Å². The number of nitrogens with two attached hydrogens (primary N) is 1. The molecule has 0 heterocycles. The highest BCUT2D eigenvalue weighted by Crippen LogP contribution is 2.28. The second kappa shape index (κ2) is 6.42. The van der Waals surface area contributed by atoms with E-state index in [1.54, 1.807) is 14.0 Å². The Morgan fingerprint density at radius 3 is 2.48 bits per heavy atom. The third-order valence-corrected chi connectivity index (χ3v) is 6.18. The van der Waals surface area contributed by atoms with E-state index in [4.69, 9.17) is 5.73 Å². The summed E-state index contributed by atoms with van der Waals surface area (Å²) in [6, 6.07) is 2.79. The zero-order valence-corrected chi connectivity index (χ0v) is 13.4. The quantitative estimate of drug-likeness (QED) is 0.929. The zero-order valence-electron chi connectivity index (χ0n) is 12.6. The molecular formula is C15H23FN2O2S. The van der Waals surface area contributed by atoms with Gasteiger partial charge in [0.2, 0.25) is 10.0 Å². The van der Waals surface area contributed by atoms with Gasteiger partial charge in [-0.2, -0.15) is 4.31 Å². The molecular weight excluding hydrogens is 291 g/mol. The SMILES string of the molecule is Cc1cc(S(=O)(=O)N(C)C2CCCCC2)cc(CN)c1F. The summed E-state index contributed by atoms with van der Waals surface area (Å²) in [5.41, 5.74) is 6.06. The Balaban J connectivity index is 2.36. The Labute approximate surface area is 126 Å². The molecule has 2 rings (SSSR count). The van der Waals surface area contributed by atoms with Crippen LogP contribution in [0.15, 0.2) is 17.0 Å². The maximum absolute atomic E-state index is 13.8. The van der Waals surface area contributed by atoms with E-state index in [-0.39, 0.29) is 23.0 Å². The van der Waals surface area contributed by atoms with Crippen molar-refractivity contribution >= 4 is 10.0 Å². The van der Waals surface area contributed by atoms with Crippen LogP contribution in [0.1, 0.15) is 43.2 Å². The van der Waals surface area contributed by atoms with Crippen LogP contribution in [-0.2, 0) is 16.6 Å². The lowest BCUT2D eigenvalue weighted by atomic mass is 9.96. The van der Waals surface area contributed by atoms with E-state index in [9.17, 15) is 12.8 Å². The van der Waals surface area contributed by atoms with Gasteiger partial charge in [-0.1, -0.05) is 19.3 Å². The molecule has 0 atom stereocenters. The van der Waals surface area contributed by atoms with Crippen molar-refractivity contribution in [3.05, 3.63) is 29.1 Å².